The fourth-order valence-corrected chi connectivity index (χ4v) is 6.78. The maximum atomic E-state index is 14.5. The molecular weight excluding hydrogens is 692 g/mol. The van der Waals surface area contributed by atoms with Gasteiger partial charge in [0.2, 0.25) is 5.79 Å². The van der Waals surface area contributed by atoms with E-state index < -0.39 is 28.8 Å². The summed E-state index contributed by atoms with van der Waals surface area (Å²) in [6.45, 7) is 6.54. The van der Waals surface area contributed by atoms with E-state index >= 15 is 0 Å². The zero-order valence-corrected chi connectivity index (χ0v) is 28.4. The van der Waals surface area contributed by atoms with Crippen LogP contribution in [-0.2, 0) is 21.8 Å². The molecule has 48 heavy (non-hydrogen) atoms. The van der Waals surface area contributed by atoms with E-state index in [0.29, 0.717) is 60.2 Å². The molecule has 0 aliphatic carbocycles. The second kappa shape index (κ2) is 14.6. The Kier molecular flexibility index (Phi) is 10.4. The molecule has 5 aromatic rings. The molecule has 16 heteroatoms. The van der Waals surface area contributed by atoms with Gasteiger partial charge >= 0.3 is 0 Å². The minimum absolute atomic E-state index is 0.0419. The third-order valence-electron chi connectivity index (χ3n) is 8.35. The van der Waals surface area contributed by atoms with Gasteiger partial charge in [-0.15, -0.1) is 0 Å². The molecule has 5 heterocycles. The predicted octanol–water partition coefficient (Wildman–Crippen LogP) is 7.75. The lowest BCUT2D eigenvalue weighted by molar-refractivity contribution is -0.189. The minimum atomic E-state index is -1.04. The molecule has 0 radical (unpaired) electrons. The van der Waals surface area contributed by atoms with E-state index in [1.54, 1.807) is 23.1 Å². The predicted molar refractivity (Wildman–Crippen MR) is 176 cm³/mol. The van der Waals surface area contributed by atoms with E-state index in [9.17, 15) is 13.2 Å². The van der Waals surface area contributed by atoms with Crippen molar-refractivity contribution in [2.24, 2.45) is 5.92 Å². The Bertz CT molecular complexity index is 1870. The molecule has 2 atom stereocenters. The highest BCUT2D eigenvalue weighted by molar-refractivity contribution is 6.35. The third-order valence-corrected chi connectivity index (χ3v) is 9.17. The molecule has 0 bridgehead atoms. The molecule has 0 saturated carbocycles. The Hall–Kier alpha value is -3.49. The summed E-state index contributed by atoms with van der Waals surface area (Å²) in [6, 6.07) is 6.58. The van der Waals surface area contributed by atoms with Gasteiger partial charge in [0.1, 0.15) is 53.9 Å². The fraction of sp³-hybridized carbons (Fsp3) is 0.406. The number of anilines is 1. The van der Waals surface area contributed by atoms with Gasteiger partial charge in [0, 0.05) is 35.8 Å². The van der Waals surface area contributed by atoms with Gasteiger partial charge in [-0.1, -0.05) is 61.1 Å². The summed E-state index contributed by atoms with van der Waals surface area (Å²) < 4.78 is 57.7. The fourth-order valence-electron chi connectivity index (χ4n) is 5.98. The van der Waals surface area contributed by atoms with Crippen LogP contribution in [0.25, 0.3) is 16.9 Å². The van der Waals surface area contributed by atoms with Crippen molar-refractivity contribution in [3.63, 3.8) is 0 Å². The summed E-state index contributed by atoms with van der Waals surface area (Å²) in [5.74, 6) is -2.85. The molecule has 2 aliphatic heterocycles. The van der Waals surface area contributed by atoms with Gasteiger partial charge in [0.05, 0.1) is 28.9 Å². The molecule has 2 unspecified atom stereocenters. The maximum Gasteiger partial charge on any atom is 0.255 e. The van der Waals surface area contributed by atoms with E-state index in [-0.39, 0.29) is 22.6 Å². The Balaban J connectivity index is 0.000000170. The first-order valence-electron chi connectivity index (χ1n) is 15.5. The zero-order valence-electron chi connectivity index (χ0n) is 26.1. The number of ether oxygens (including phenoxy) is 2. The van der Waals surface area contributed by atoms with Crippen LogP contribution in [0.2, 0.25) is 15.2 Å². The summed E-state index contributed by atoms with van der Waals surface area (Å²) in [5.41, 5.74) is 0.386. The molecule has 2 aliphatic rings. The molecule has 10 nitrogen and oxygen atoms in total. The van der Waals surface area contributed by atoms with E-state index in [1.165, 1.54) is 17.2 Å². The van der Waals surface area contributed by atoms with Crippen LogP contribution < -0.4 is 4.90 Å². The second-order valence-corrected chi connectivity index (χ2v) is 13.0. The number of hydrogen-bond donors (Lipinski definition) is 0. The van der Waals surface area contributed by atoms with Gasteiger partial charge in [-0.3, -0.25) is 0 Å². The van der Waals surface area contributed by atoms with E-state index in [2.05, 4.69) is 39.0 Å². The van der Waals surface area contributed by atoms with E-state index in [4.69, 9.17) is 44.3 Å². The van der Waals surface area contributed by atoms with Crippen LogP contribution in [0.4, 0.5) is 19.0 Å². The Morgan fingerprint density at radius 1 is 0.979 bits per heavy atom. The smallest absolute Gasteiger partial charge is 0.255 e. The largest absolute Gasteiger partial charge is 0.356 e. The molecule has 0 amide bonds. The minimum Gasteiger partial charge on any atom is -0.356 e. The van der Waals surface area contributed by atoms with Crippen molar-refractivity contribution in [1.29, 1.82) is 0 Å². The lowest BCUT2D eigenvalue weighted by Gasteiger charge is -2.33. The summed E-state index contributed by atoms with van der Waals surface area (Å²) in [6.07, 6.45) is 8.26. The molecule has 2 aromatic carbocycles. The monoisotopic (exact) mass is 722 g/mol. The molecular formula is C32H32Cl3F3N8O2. The number of piperidine rings is 1. The topological polar surface area (TPSA) is 95.5 Å². The van der Waals surface area contributed by atoms with Crippen molar-refractivity contribution >= 4 is 46.4 Å². The maximum absolute atomic E-state index is 14.5. The highest BCUT2D eigenvalue weighted by Crippen LogP contribution is 2.42. The number of nitrogens with zero attached hydrogens (tertiary/aromatic N) is 8. The average molecular weight is 724 g/mol. The van der Waals surface area contributed by atoms with Crippen molar-refractivity contribution in [2.45, 2.75) is 58.0 Å². The van der Waals surface area contributed by atoms with Crippen LogP contribution >= 0.6 is 34.8 Å². The van der Waals surface area contributed by atoms with Crippen molar-refractivity contribution in [3.05, 3.63) is 87.5 Å². The van der Waals surface area contributed by atoms with Crippen LogP contribution in [0, 0.1) is 23.4 Å². The Morgan fingerprint density at radius 2 is 1.73 bits per heavy atom. The van der Waals surface area contributed by atoms with Crippen molar-refractivity contribution in [1.82, 2.24) is 34.3 Å². The van der Waals surface area contributed by atoms with Crippen LogP contribution in [0.1, 0.15) is 45.1 Å². The van der Waals surface area contributed by atoms with E-state index in [0.717, 1.165) is 31.2 Å². The first-order valence-corrected chi connectivity index (χ1v) is 16.6. The molecule has 3 aromatic heterocycles. The lowest BCUT2D eigenvalue weighted by Crippen LogP contribution is -2.35. The molecule has 0 N–H and O–H groups in total. The van der Waals surface area contributed by atoms with Gasteiger partial charge in [-0.2, -0.15) is 24.7 Å². The number of rotatable bonds is 7. The highest BCUT2D eigenvalue weighted by Gasteiger charge is 2.45. The SMILES string of the molecule is CC1CCN(c2c(-c3c(F)cc(F)cc3F)c(Cl)nc3ncnn23)CC1.CCCC1COC(Cn2cncn2)(c2ccc(Cl)cc2Cl)O1. The number of hydrogen-bond acceptors (Lipinski definition) is 8. The van der Waals surface area contributed by atoms with Crippen LogP contribution in [-0.4, -0.2) is 60.1 Å². The van der Waals surface area contributed by atoms with Crippen LogP contribution in [0.15, 0.2) is 49.3 Å². The molecule has 2 fully saturated rings. The zero-order chi connectivity index (χ0) is 34.0. The first kappa shape index (κ1) is 34.4. The normalized spacial score (nSPS) is 19.9. The number of halogens is 6. The quantitative estimate of drug-likeness (QED) is 0.157. The first-order chi connectivity index (χ1) is 23.1. The van der Waals surface area contributed by atoms with Crippen molar-refractivity contribution in [3.8, 4) is 11.1 Å². The van der Waals surface area contributed by atoms with Gasteiger partial charge in [0.15, 0.2) is 0 Å². The van der Waals surface area contributed by atoms with Gasteiger partial charge in [0.25, 0.3) is 5.78 Å². The van der Waals surface area contributed by atoms with Crippen LogP contribution in [0.5, 0.6) is 0 Å². The summed E-state index contributed by atoms with van der Waals surface area (Å²) in [4.78, 5) is 14.0. The standard InChI is InChI=1S/C17H15ClF3N5.C15H17Cl2N3O2/c1-9-2-4-25(5-3-9)16-14(13-11(20)6-10(19)7-12(13)21)15(18)24-17-22-8-23-26(16)17;1-2-3-12-7-21-15(22-12,8-20-10-18-9-19-20)13-5-4-11(16)6-14(13)17/h6-9H,2-5H2,1H3;4-6,9-10,12H,2-3,7-8H2,1H3. The van der Waals surface area contributed by atoms with E-state index in [1.807, 2.05) is 11.0 Å². The second-order valence-electron chi connectivity index (χ2n) is 11.8. The summed E-state index contributed by atoms with van der Waals surface area (Å²) in [5, 5.41) is 9.27. The van der Waals surface area contributed by atoms with Gasteiger partial charge in [-0.05, 0) is 37.3 Å². The molecule has 7 rings (SSSR count). The Morgan fingerprint density at radius 3 is 2.40 bits per heavy atom. The Labute approximate surface area is 289 Å². The van der Waals surface area contributed by atoms with Gasteiger partial charge < -0.3 is 14.4 Å². The average Bonchev–Trinajstić information content (AvgIpc) is 3.81. The number of aromatic nitrogens is 7. The summed E-state index contributed by atoms with van der Waals surface area (Å²) >= 11 is 18.7. The molecule has 0 spiro atoms. The number of fused-ring (bicyclic) bond motifs is 1. The third kappa shape index (κ3) is 7.11. The van der Waals surface area contributed by atoms with Gasteiger partial charge in [-0.25, -0.2) is 22.8 Å². The highest BCUT2D eigenvalue weighted by atomic mass is 35.5. The lowest BCUT2D eigenvalue weighted by atomic mass is 9.98. The van der Waals surface area contributed by atoms with Crippen molar-refractivity contribution in [2.75, 3.05) is 24.6 Å². The van der Waals surface area contributed by atoms with Crippen LogP contribution in [0.3, 0.4) is 0 Å². The molecule has 254 valence electrons. The summed E-state index contributed by atoms with van der Waals surface area (Å²) in [7, 11) is 0. The number of benzene rings is 2. The van der Waals surface area contributed by atoms with Crippen molar-refractivity contribution < 1.29 is 22.6 Å². The molecule has 2 saturated heterocycles.